The Labute approximate surface area is 104 Å². The Morgan fingerprint density at radius 1 is 1.65 bits per heavy atom. The first-order chi connectivity index (χ1) is 7.86. The fraction of sp³-hybridized carbons (Fsp3) is 0.300. The summed E-state index contributed by atoms with van der Waals surface area (Å²) in [5.41, 5.74) is 0. The van der Waals surface area contributed by atoms with E-state index in [1.54, 1.807) is 6.92 Å². The van der Waals surface area contributed by atoms with Crippen LogP contribution in [0, 0.1) is 12.3 Å². The predicted octanol–water partition coefficient (Wildman–Crippen LogP) is 1.14. The van der Waals surface area contributed by atoms with Gasteiger partial charge in [0.1, 0.15) is 9.09 Å². The largest absolute Gasteiger partial charge is 0.477 e. The zero-order chi connectivity index (χ0) is 13.1. The molecule has 0 aliphatic carbocycles. The smallest absolute Gasteiger partial charge is 0.345 e. The Kier molecular flexibility index (Phi) is 4.28. The van der Waals surface area contributed by atoms with Gasteiger partial charge in [-0.1, -0.05) is 0 Å². The molecule has 0 amide bonds. The molecular formula is C10H11NO4S2. The molecule has 0 saturated heterocycles. The van der Waals surface area contributed by atoms with Crippen LogP contribution in [-0.4, -0.2) is 25.5 Å². The molecule has 0 aliphatic heterocycles. The maximum Gasteiger partial charge on any atom is 0.345 e. The van der Waals surface area contributed by atoms with Crippen LogP contribution in [0.5, 0.6) is 0 Å². The van der Waals surface area contributed by atoms with E-state index in [0.29, 0.717) is 11.3 Å². The summed E-state index contributed by atoms with van der Waals surface area (Å²) in [6.45, 7) is 1.64. The van der Waals surface area contributed by atoms with Crippen LogP contribution >= 0.6 is 11.3 Å². The number of thiophene rings is 1. The minimum atomic E-state index is -3.68. The van der Waals surface area contributed by atoms with Crippen molar-refractivity contribution in [3.63, 3.8) is 0 Å². The monoisotopic (exact) mass is 273 g/mol. The highest BCUT2D eigenvalue weighted by Gasteiger charge is 2.20. The van der Waals surface area contributed by atoms with Crippen molar-refractivity contribution in [2.24, 2.45) is 0 Å². The van der Waals surface area contributed by atoms with Crippen LogP contribution in [0.25, 0.3) is 0 Å². The number of terminal acetylenes is 1. The number of carboxylic acids is 1. The van der Waals surface area contributed by atoms with E-state index < -0.39 is 16.0 Å². The van der Waals surface area contributed by atoms with Crippen LogP contribution < -0.4 is 4.72 Å². The number of rotatable bonds is 5. The van der Waals surface area contributed by atoms with Crippen molar-refractivity contribution in [3.8, 4) is 12.3 Å². The van der Waals surface area contributed by atoms with E-state index in [-0.39, 0.29) is 21.5 Å². The molecule has 0 aliphatic rings. The second-order valence-corrected chi connectivity index (χ2v) is 6.38. The van der Waals surface area contributed by atoms with Crippen molar-refractivity contribution in [1.29, 1.82) is 0 Å². The van der Waals surface area contributed by atoms with E-state index in [4.69, 9.17) is 11.5 Å². The molecule has 1 aromatic heterocycles. The summed E-state index contributed by atoms with van der Waals surface area (Å²) < 4.78 is 25.9. The molecule has 0 fully saturated rings. The molecule has 2 N–H and O–H groups in total. The van der Waals surface area contributed by atoms with Crippen LogP contribution in [0.4, 0.5) is 0 Å². The standard InChI is InChI=1S/C10H11NO4S2/c1-3-4-7(2)11-17(14,15)9-6-5-8(16-9)10(12)13/h1,5-7,11H,4H2,2H3,(H,12,13). The van der Waals surface area contributed by atoms with Crippen molar-refractivity contribution >= 4 is 27.3 Å². The van der Waals surface area contributed by atoms with Crippen molar-refractivity contribution in [2.45, 2.75) is 23.6 Å². The third kappa shape index (κ3) is 3.56. The quantitative estimate of drug-likeness (QED) is 0.788. The molecule has 0 saturated carbocycles. The summed E-state index contributed by atoms with van der Waals surface area (Å²) in [5, 5.41) is 8.70. The first kappa shape index (κ1) is 13.7. The number of hydrogen-bond donors (Lipinski definition) is 2. The second-order valence-electron chi connectivity index (χ2n) is 3.35. The third-order valence-corrected chi connectivity index (χ3v) is 4.99. The third-order valence-electron chi connectivity index (χ3n) is 1.84. The molecule has 1 heterocycles. The summed E-state index contributed by atoms with van der Waals surface area (Å²) in [7, 11) is -3.68. The molecule has 1 unspecified atom stereocenters. The first-order valence-electron chi connectivity index (χ1n) is 4.65. The molecular weight excluding hydrogens is 262 g/mol. The average Bonchev–Trinajstić information content (AvgIpc) is 2.65. The van der Waals surface area contributed by atoms with Gasteiger partial charge in [-0.2, -0.15) is 0 Å². The normalized spacial score (nSPS) is 12.9. The Morgan fingerprint density at radius 2 is 2.29 bits per heavy atom. The van der Waals surface area contributed by atoms with E-state index in [0.717, 1.165) is 0 Å². The van der Waals surface area contributed by atoms with Gasteiger partial charge in [0.25, 0.3) is 0 Å². The Balaban J connectivity index is 2.90. The van der Waals surface area contributed by atoms with Crippen molar-refractivity contribution in [2.75, 3.05) is 0 Å². The lowest BCUT2D eigenvalue weighted by molar-refractivity contribution is 0.0702. The number of hydrogen-bond acceptors (Lipinski definition) is 4. The molecule has 0 aromatic carbocycles. The van der Waals surface area contributed by atoms with E-state index in [1.807, 2.05) is 0 Å². The summed E-state index contributed by atoms with van der Waals surface area (Å²) in [6, 6.07) is 2.13. The van der Waals surface area contributed by atoms with E-state index >= 15 is 0 Å². The van der Waals surface area contributed by atoms with Gasteiger partial charge in [0.15, 0.2) is 0 Å². The number of carbonyl (C=O) groups is 1. The lowest BCUT2D eigenvalue weighted by atomic mass is 10.3. The summed E-state index contributed by atoms with van der Waals surface area (Å²) >= 11 is 0.706. The van der Waals surface area contributed by atoms with Gasteiger partial charge in [-0.05, 0) is 19.1 Å². The molecule has 7 heteroatoms. The summed E-state index contributed by atoms with van der Waals surface area (Å²) in [4.78, 5) is 10.6. The van der Waals surface area contributed by atoms with Crippen molar-refractivity contribution in [1.82, 2.24) is 4.72 Å². The van der Waals surface area contributed by atoms with Gasteiger partial charge in [-0.25, -0.2) is 17.9 Å². The first-order valence-corrected chi connectivity index (χ1v) is 6.95. The SMILES string of the molecule is C#CCC(C)NS(=O)(=O)c1ccc(C(=O)O)s1. The molecule has 1 atom stereocenters. The predicted molar refractivity (Wildman–Crippen MR) is 64.5 cm³/mol. The van der Waals surface area contributed by atoms with Crippen molar-refractivity contribution < 1.29 is 18.3 Å². The van der Waals surface area contributed by atoms with Crippen LogP contribution in [0.1, 0.15) is 23.0 Å². The fourth-order valence-corrected chi connectivity index (χ4v) is 3.53. The van der Waals surface area contributed by atoms with Gasteiger partial charge in [0, 0.05) is 12.5 Å². The van der Waals surface area contributed by atoms with E-state index in [2.05, 4.69) is 10.6 Å². The van der Waals surface area contributed by atoms with Crippen LogP contribution in [-0.2, 0) is 10.0 Å². The van der Waals surface area contributed by atoms with Crippen LogP contribution in [0.2, 0.25) is 0 Å². The highest BCUT2D eigenvalue weighted by atomic mass is 32.2. The maximum atomic E-state index is 11.8. The molecule has 5 nitrogen and oxygen atoms in total. The average molecular weight is 273 g/mol. The number of sulfonamides is 1. The lowest BCUT2D eigenvalue weighted by Crippen LogP contribution is -2.31. The maximum absolute atomic E-state index is 11.8. The summed E-state index contributed by atoms with van der Waals surface area (Å²) in [6.07, 6.45) is 5.35. The Morgan fingerprint density at radius 3 is 2.76 bits per heavy atom. The van der Waals surface area contributed by atoms with Crippen LogP contribution in [0.15, 0.2) is 16.3 Å². The molecule has 17 heavy (non-hydrogen) atoms. The molecule has 0 bridgehead atoms. The lowest BCUT2D eigenvalue weighted by Gasteiger charge is -2.09. The van der Waals surface area contributed by atoms with Gasteiger partial charge in [-0.3, -0.25) is 0 Å². The molecule has 0 spiro atoms. The number of carboxylic acid groups (broad SMARTS) is 1. The molecule has 92 valence electrons. The fourth-order valence-electron chi connectivity index (χ4n) is 1.12. The minimum Gasteiger partial charge on any atom is -0.477 e. The van der Waals surface area contributed by atoms with Gasteiger partial charge in [0.05, 0.1) is 0 Å². The number of aromatic carboxylic acids is 1. The van der Waals surface area contributed by atoms with Crippen LogP contribution in [0.3, 0.4) is 0 Å². The molecule has 1 aromatic rings. The van der Waals surface area contributed by atoms with E-state index in [9.17, 15) is 13.2 Å². The van der Waals surface area contributed by atoms with Gasteiger partial charge < -0.3 is 5.11 Å². The Hall–Kier alpha value is -1.36. The topological polar surface area (TPSA) is 83.5 Å². The minimum absolute atomic E-state index is 0.0185. The zero-order valence-electron chi connectivity index (χ0n) is 9.00. The van der Waals surface area contributed by atoms with Crippen molar-refractivity contribution in [3.05, 3.63) is 17.0 Å². The van der Waals surface area contributed by atoms with Gasteiger partial charge >= 0.3 is 5.97 Å². The zero-order valence-corrected chi connectivity index (χ0v) is 10.6. The van der Waals surface area contributed by atoms with E-state index in [1.165, 1.54) is 12.1 Å². The second kappa shape index (κ2) is 5.31. The molecule has 0 radical (unpaired) electrons. The Bertz CT molecular complexity index is 553. The highest BCUT2D eigenvalue weighted by Crippen LogP contribution is 2.21. The highest BCUT2D eigenvalue weighted by molar-refractivity contribution is 7.91. The van der Waals surface area contributed by atoms with Gasteiger partial charge in [0.2, 0.25) is 10.0 Å². The number of nitrogens with one attached hydrogen (secondary N) is 1. The summed E-state index contributed by atoms with van der Waals surface area (Å²) in [5.74, 6) is 1.20. The van der Waals surface area contributed by atoms with Gasteiger partial charge in [-0.15, -0.1) is 23.7 Å². The molecule has 1 rings (SSSR count).